The molecular weight excluding hydrogens is 344 g/mol. The van der Waals surface area contributed by atoms with E-state index in [1.165, 1.54) is 0 Å². The summed E-state index contributed by atoms with van der Waals surface area (Å²) in [5.74, 6) is -4.38. The van der Waals surface area contributed by atoms with Crippen molar-refractivity contribution >= 4 is 21.6 Å². The lowest BCUT2D eigenvalue weighted by Gasteiger charge is -2.36. The van der Waals surface area contributed by atoms with Crippen molar-refractivity contribution in [3.8, 4) is 6.57 Å². The summed E-state index contributed by atoms with van der Waals surface area (Å²) in [5, 5.41) is 0.719. The monoisotopic (exact) mass is 366 g/mol. The zero-order valence-electron chi connectivity index (χ0n) is 13.8. The lowest BCUT2D eigenvalue weighted by molar-refractivity contribution is -0.153. The van der Waals surface area contributed by atoms with Gasteiger partial charge in [-0.1, -0.05) is 25.6 Å². The SMILES string of the molecule is C#[N+]C(C(=O)C1CCC(C(C)(C)C)CC1)S(=O)(=O)C(F)(F)C(=O)O. The van der Waals surface area contributed by atoms with Gasteiger partial charge in [-0.05, 0) is 37.0 Å². The van der Waals surface area contributed by atoms with Gasteiger partial charge in [-0.15, -0.1) is 0 Å². The number of carbonyl (C=O) groups is 2. The van der Waals surface area contributed by atoms with Crippen LogP contribution in [0.15, 0.2) is 0 Å². The maximum Gasteiger partial charge on any atom is 0.448 e. The number of hydrogen-bond acceptors (Lipinski definition) is 4. The van der Waals surface area contributed by atoms with Crippen molar-refractivity contribution in [3.63, 3.8) is 0 Å². The summed E-state index contributed by atoms with van der Waals surface area (Å²) in [6, 6.07) is 0. The van der Waals surface area contributed by atoms with Crippen LogP contribution in [0, 0.1) is 23.8 Å². The van der Waals surface area contributed by atoms with Crippen molar-refractivity contribution in [1.29, 1.82) is 0 Å². The minimum Gasteiger partial charge on any atom is -0.476 e. The van der Waals surface area contributed by atoms with Crippen LogP contribution in [-0.4, -0.2) is 35.9 Å². The summed E-state index contributed by atoms with van der Waals surface area (Å²) in [6.07, 6.45) is 1.96. The first-order chi connectivity index (χ1) is 10.8. The molecule has 0 aromatic rings. The highest BCUT2D eigenvalue weighted by molar-refractivity contribution is 7.94. The maximum atomic E-state index is 13.5. The van der Waals surface area contributed by atoms with Crippen LogP contribution in [-0.2, 0) is 19.4 Å². The number of hydrogen-bond donors (Lipinski definition) is 1. The highest BCUT2D eigenvalue weighted by Gasteiger charge is 2.64. The van der Waals surface area contributed by atoms with Gasteiger partial charge in [0.2, 0.25) is 5.78 Å². The molecule has 1 fully saturated rings. The van der Waals surface area contributed by atoms with Crippen molar-refractivity contribution in [3.05, 3.63) is 4.85 Å². The summed E-state index contributed by atoms with van der Waals surface area (Å²) < 4.78 is 50.5. The fourth-order valence-electron chi connectivity index (χ4n) is 3.01. The Morgan fingerprint density at radius 3 is 1.96 bits per heavy atom. The third-order valence-electron chi connectivity index (χ3n) is 4.63. The second-order valence-electron chi connectivity index (χ2n) is 7.19. The standard InChI is InChI=1S/C15H21F2NO5S/c1-14(2,3)10-7-5-9(6-8-10)11(19)12(18-4)24(22,23)15(16,17)13(20)21/h4,9-10,12H,5-8H2,1-3H3/p+1. The van der Waals surface area contributed by atoms with Gasteiger partial charge in [0, 0.05) is 5.92 Å². The van der Waals surface area contributed by atoms with Crippen LogP contribution < -0.4 is 0 Å². The molecule has 6 nitrogen and oxygen atoms in total. The molecule has 0 heterocycles. The molecule has 0 bridgehead atoms. The van der Waals surface area contributed by atoms with Crippen LogP contribution in [0.1, 0.15) is 46.5 Å². The highest BCUT2D eigenvalue weighted by atomic mass is 32.2. The highest BCUT2D eigenvalue weighted by Crippen LogP contribution is 2.41. The number of nitrogens with zero attached hydrogens (tertiary/aromatic N) is 1. The summed E-state index contributed by atoms with van der Waals surface area (Å²) >= 11 is 0. The van der Waals surface area contributed by atoms with Crippen LogP contribution >= 0.6 is 0 Å². The number of aliphatic carboxylic acids is 1. The zero-order valence-corrected chi connectivity index (χ0v) is 14.6. The number of carboxylic acid groups (broad SMARTS) is 1. The van der Waals surface area contributed by atoms with Gasteiger partial charge in [-0.3, -0.25) is 4.79 Å². The summed E-state index contributed by atoms with van der Waals surface area (Å²) in [5.41, 5.74) is 0.0219. The van der Waals surface area contributed by atoms with Gasteiger partial charge in [0.15, 0.2) is 0 Å². The second-order valence-corrected chi connectivity index (χ2v) is 9.23. The van der Waals surface area contributed by atoms with E-state index < -0.39 is 38.1 Å². The predicted octanol–water partition coefficient (Wildman–Crippen LogP) is 2.79. The molecule has 0 radical (unpaired) electrons. The minimum atomic E-state index is -5.71. The zero-order chi connectivity index (χ0) is 18.9. The van der Waals surface area contributed by atoms with E-state index in [0.29, 0.717) is 31.6 Å². The summed E-state index contributed by atoms with van der Waals surface area (Å²) in [7, 11) is -5.71. The number of alkyl halides is 2. The molecule has 0 saturated heterocycles. The minimum absolute atomic E-state index is 0.0219. The lowest BCUT2D eigenvalue weighted by atomic mass is 9.69. The van der Waals surface area contributed by atoms with E-state index in [0.717, 1.165) is 0 Å². The lowest BCUT2D eigenvalue weighted by Crippen LogP contribution is -2.47. The quantitative estimate of drug-likeness (QED) is 0.808. The average molecular weight is 366 g/mol. The molecule has 1 rings (SSSR count). The Bertz CT molecular complexity index is 652. The molecular formula is C15H22F2NO5S+. The molecule has 1 aliphatic rings. The first-order valence-corrected chi connectivity index (χ1v) is 9.09. The number of rotatable bonds is 5. The predicted molar refractivity (Wildman–Crippen MR) is 83.5 cm³/mol. The number of carbonyl (C=O) groups excluding carboxylic acids is 1. The molecule has 0 spiro atoms. The van der Waals surface area contributed by atoms with Gasteiger partial charge in [0.1, 0.15) is 0 Å². The van der Waals surface area contributed by atoms with Gasteiger partial charge < -0.3 is 5.11 Å². The van der Waals surface area contributed by atoms with Gasteiger partial charge in [0.05, 0.1) is 0 Å². The molecule has 1 atom stereocenters. The van der Waals surface area contributed by atoms with Crippen LogP contribution in [0.3, 0.4) is 0 Å². The number of sulfone groups is 1. The van der Waals surface area contributed by atoms with Crippen LogP contribution in [0.2, 0.25) is 0 Å². The Kier molecular flexibility index (Phi) is 5.76. The molecule has 0 aromatic carbocycles. The molecule has 136 valence electrons. The second kappa shape index (κ2) is 6.75. The van der Waals surface area contributed by atoms with Crippen LogP contribution in [0.4, 0.5) is 8.78 Å². The van der Waals surface area contributed by atoms with Crippen LogP contribution in [0.5, 0.6) is 0 Å². The Morgan fingerprint density at radius 2 is 1.62 bits per heavy atom. The summed E-state index contributed by atoms with van der Waals surface area (Å²) in [6.45, 7) is 11.0. The number of Topliss-reactive ketones (excluding diaryl/α,β-unsaturated/α-hetero) is 1. The largest absolute Gasteiger partial charge is 0.476 e. The maximum absolute atomic E-state index is 13.5. The van der Waals surface area contributed by atoms with E-state index in [1.54, 1.807) is 0 Å². The molecule has 9 heteroatoms. The Hall–Kier alpha value is -1.56. The molecule has 0 aliphatic heterocycles. The summed E-state index contributed by atoms with van der Waals surface area (Å²) in [4.78, 5) is 25.6. The first-order valence-electron chi connectivity index (χ1n) is 7.55. The van der Waals surface area contributed by atoms with E-state index in [1.807, 2.05) is 0 Å². The molecule has 0 amide bonds. The van der Waals surface area contributed by atoms with Gasteiger partial charge >= 0.3 is 26.4 Å². The molecule has 1 unspecified atom stereocenters. The third kappa shape index (κ3) is 3.74. The van der Waals surface area contributed by atoms with E-state index in [2.05, 4.69) is 25.6 Å². The van der Waals surface area contributed by atoms with Crippen molar-refractivity contribution in [2.24, 2.45) is 17.3 Å². The first kappa shape index (κ1) is 20.5. The number of carboxylic acids is 1. The molecule has 1 N–H and O–H groups in total. The van der Waals surface area contributed by atoms with Gasteiger partial charge in [-0.2, -0.15) is 8.78 Å². The van der Waals surface area contributed by atoms with Gasteiger partial charge in [-0.25, -0.2) is 13.2 Å². The van der Waals surface area contributed by atoms with E-state index >= 15 is 0 Å². The van der Waals surface area contributed by atoms with Crippen molar-refractivity contribution in [1.82, 2.24) is 0 Å². The van der Waals surface area contributed by atoms with Crippen LogP contribution in [0.25, 0.3) is 4.85 Å². The Labute approximate surface area is 140 Å². The Morgan fingerprint density at radius 1 is 1.17 bits per heavy atom. The van der Waals surface area contributed by atoms with Crippen molar-refractivity contribution in [2.75, 3.05) is 0 Å². The van der Waals surface area contributed by atoms with E-state index in [9.17, 15) is 26.8 Å². The van der Waals surface area contributed by atoms with Crippen molar-refractivity contribution in [2.45, 2.75) is 57.1 Å². The molecule has 0 aromatic heterocycles. The molecule has 24 heavy (non-hydrogen) atoms. The molecule has 1 aliphatic carbocycles. The fourth-order valence-corrected chi connectivity index (χ4v) is 4.20. The third-order valence-corrected chi connectivity index (χ3v) is 6.46. The van der Waals surface area contributed by atoms with E-state index in [4.69, 9.17) is 11.7 Å². The normalized spacial score (nSPS) is 24.0. The Balaban J connectivity index is 2.98. The molecule has 1 saturated carbocycles. The van der Waals surface area contributed by atoms with E-state index in [-0.39, 0.29) is 5.41 Å². The number of ketones is 1. The average Bonchev–Trinajstić information content (AvgIpc) is 2.46. The van der Waals surface area contributed by atoms with Gasteiger partial charge in [0.25, 0.3) is 6.57 Å². The fraction of sp³-hybridized carbons (Fsp3) is 0.800. The smallest absolute Gasteiger partial charge is 0.448 e. The number of halogens is 2. The topological polar surface area (TPSA) is 92.9 Å². The van der Waals surface area contributed by atoms with Crippen molar-refractivity contribution < 1.29 is 31.9 Å².